The number of hydrazine groups is 1. The number of fused-ring (bicyclic) bond motifs is 2. The first-order valence-corrected chi connectivity index (χ1v) is 7.16. The van der Waals surface area contributed by atoms with Crippen LogP contribution in [-0.4, -0.2) is 11.8 Å². The molecule has 0 aliphatic carbocycles. The Morgan fingerprint density at radius 2 is 1.58 bits per heavy atom. The number of benzene rings is 2. The van der Waals surface area contributed by atoms with Crippen molar-refractivity contribution in [3.8, 4) is 0 Å². The number of carbonyl (C=O) groups is 1. The predicted molar refractivity (Wildman–Crippen MR) is 78.0 cm³/mol. The second-order valence-electron chi connectivity index (χ2n) is 4.04. The Bertz CT molecular complexity index is 587. The largest absolute Gasteiger partial charge is 0.272 e. The molecule has 0 unspecified atom stereocenters. The summed E-state index contributed by atoms with van der Waals surface area (Å²) in [6.07, 6.45) is 0. The van der Waals surface area contributed by atoms with Crippen LogP contribution in [0.25, 0.3) is 0 Å². The predicted octanol–water partition coefficient (Wildman–Crippen LogP) is 3.56. The van der Waals surface area contributed by atoms with Crippen molar-refractivity contribution in [2.45, 2.75) is 9.79 Å². The van der Waals surface area contributed by atoms with Crippen LogP contribution in [0.15, 0.2) is 58.3 Å². The molecule has 0 saturated carbocycles. The molecule has 1 N–H and O–H groups in total. The highest BCUT2D eigenvalue weighted by Gasteiger charge is 2.23. The second-order valence-corrected chi connectivity index (χ2v) is 5.39. The Hall–Kier alpha value is -1.65. The summed E-state index contributed by atoms with van der Waals surface area (Å²) in [6.45, 7) is 0. The van der Waals surface area contributed by atoms with Crippen LogP contribution in [0.4, 0.5) is 11.4 Å². The molecule has 1 amide bonds. The van der Waals surface area contributed by atoms with Crippen LogP contribution in [0.3, 0.4) is 0 Å². The van der Waals surface area contributed by atoms with E-state index in [1.54, 1.807) is 16.8 Å². The minimum atomic E-state index is -0.224. The molecule has 1 aliphatic rings. The number of rotatable bonds is 2. The van der Waals surface area contributed by atoms with Crippen LogP contribution in [-0.2, 0) is 4.79 Å². The lowest BCUT2D eigenvalue weighted by atomic mass is 10.2. The zero-order valence-electron chi connectivity index (χ0n) is 9.97. The Balaban J connectivity index is 2.08. The third-order valence-corrected chi connectivity index (χ3v) is 4.16. The maximum atomic E-state index is 11.6. The van der Waals surface area contributed by atoms with E-state index in [9.17, 15) is 4.79 Å². The van der Waals surface area contributed by atoms with Crippen LogP contribution in [0, 0.1) is 0 Å². The Kier molecular flexibility index (Phi) is 3.36. The molecule has 0 spiro atoms. The van der Waals surface area contributed by atoms with E-state index in [1.165, 1.54) is 0 Å². The molecule has 2 aromatic carbocycles. The number of hydrogen-bond acceptors (Lipinski definition) is 3. The summed E-state index contributed by atoms with van der Waals surface area (Å²) < 4.78 is 0. The number of carbonyl (C=O) groups excluding carboxylic acids is 1. The average molecular weight is 291 g/mol. The van der Waals surface area contributed by atoms with Gasteiger partial charge in [0.15, 0.2) is 0 Å². The van der Waals surface area contributed by atoms with Crippen molar-refractivity contribution in [2.75, 3.05) is 10.9 Å². The second kappa shape index (κ2) is 5.15. The molecule has 96 valence electrons. The van der Waals surface area contributed by atoms with Crippen molar-refractivity contribution in [1.82, 2.24) is 5.43 Å². The summed E-state index contributed by atoms with van der Waals surface area (Å²) in [5.41, 5.74) is 4.76. The fourth-order valence-corrected chi connectivity index (χ4v) is 3.10. The highest BCUT2D eigenvalue weighted by molar-refractivity contribution is 7.99. The fraction of sp³-hybridized carbons (Fsp3) is 0.0714. The summed E-state index contributed by atoms with van der Waals surface area (Å²) in [5, 5.41) is 1.80. The molecule has 0 aromatic heterocycles. The number of alkyl halides is 1. The van der Waals surface area contributed by atoms with E-state index < -0.39 is 0 Å². The molecule has 1 heterocycles. The van der Waals surface area contributed by atoms with Gasteiger partial charge in [0, 0.05) is 9.79 Å². The molecule has 19 heavy (non-hydrogen) atoms. The molecule has 0 bridgehead atoms. The first kappa shape index (κ1) is 12.4. The SMILES string of the molecule is O=C(CCl)NN1c2ccccc2Sc2ccccc21. The third kappa shape index (κ3) is 2.29. The van der Waals surface area contributed by atoms with E-state index in [0.29, 0.717) is 0 Å². The Morgan fingerprint density at radius 3 is 2.11 bits per heavy atom. The molecule has 0 fully saturated rings. The van der Waals surface area contributed by atoms with E-state index in [1.807, 2.05) is 48.5 Å². The van der Waals surface area contributed by atoms with Gasteiger partial charge in [-0.2, -0.15) is 0 Å². The summed E-state index contributed by atoms with van der Waals surface area (Å²) in [5.74, 6) is -0.285. The van der Waals surface area contributed by atoms with Gasteiger partial charge in [0.1, 0.15) is 5.88 Å². The van der Waals surface area contributed by atoms with Gasteiger partial charge in [-0.25, -0.2) is 0 Å². The molecule has 0 radical (unpaired) electrons. The van der Waals surface area contributed by atoms with Crippen molar-refractivity contribution in [1.29, 1.82) is 0 Å². The quantitative estimate of drug-likeness (QED) is 0.859. The first-order chi connectivity index (χ1) is 9.29. The number of anilines is 2. The van der Waals surface area contributed by atoms with Crippen molar-refractivity contribution < 1.29 is 4.79 Å². The minimum absolute atomic E-state index is 0.0615. The average Bonchev–Trinajstić information content (AvgIpc) is 2.46. The van der Waals surface area contributed by atoms with Gasteiger partial charge in [-0.3, -0.25) is 15.2 Å². The Morgan fingerprint density at radius 1 is 1.05 bits per heavy atom. The van der Waals surface area contributed by atoms with E-state index >= 15 is 0 Å². The van der Waals surface area contributed by atoms with Crippen molar-refractivity contribution >= 4 is 40.6 Å². The highest BCUT2D eigenvalue weighted by Crippen LogP contribution is 2.46. The van der Waals surface area contributed by atoms with Crippen LogP contribution >= 0.6 is 23.4 Å². The number of amides is 1. The zero-order chi connectivity index (χ0) is 13.2. The topological polar surface area (TPSA) is 32.3 Å². The lowest BCUT2D eigenvalue weighted by molar-refractivity contribution is -0.118. The molecule has 5 heteroatoms. The number of nitrogens with zero attached hydrogens (tertiary/aromatic N) is 1. The van der Waals surface area contributed by atoms with Crippen molar-refractivity contribution in [3.05, 3.63) is 48.5 Å². The summed E-state index contributed by atoms with van der Waals surface area (Å²) in [4.78, 5) is 13.8. The normalized spacial score (nSPS) is 12.6. The lowest BCUT2D eigenvalue weighted by Crippen LogP contribution is -2.40. The molecular formula is C14H11ClN2OS. The maximum Gasteiger partial charge on any atom is 0.253 e. The van der Waals surface area contributed by atoms with Crippen LogP contribution in [0.2, 0.25) is 0 Å². The maximum absolute atomic E-state index is 11.6. The number of para-hydroxylation sites is 2. The third-order valence-electron chi connectivity index (χ3n) is 2.79. The van der Waals surface area contributed by atoms with Crippen molar-refractivity contribution in [2.24, 2.45) is 0 Å². The van der Waals surface area contributed by atoms with Gasteiger partial charge in [0.05, 0.1) is 11.4 Å². The van der Waals surface area contributed by atoms with Crippen molar-refractivity contribution in [3.63, 3.8) is 0 Å². The summed E-state index contributed by atoms with van der Waals surface area (Å²) >= 11 is 7.28. The van der Waals surface area contributed by atoms with E-state index in [4.69, 9.17) is 11.6 Å². The molecule has 0 saturated heterocycles. The first-order valence-electron chi connectivity index (χ1n) is 5.81. The van der Waals surface area contributed by atoms with Gasteiger partial charge in [0.25, 0.3) is 5.91 Å². The molecule has 3 nitrogen and oxygen atoms in total. The number of halogens is 1. The summed E-state index contributed by atoms with van der Waals surface area (Å²) in [7, 11) is 0. The van der Waals surface area contributed by atoms with Gasteiger partial charge < -0.3 is 0 Å². The monoisotopic (exact) mass is 290 g/mol. The van der Waals surface area contributed by atoms with Gasteiger partial charge in [-0.1, -0.05) is 36.0 Å². The van der Waals surface area contributed by atoms with Crippen LogP contribution in [0.1, 0.15) is 0 Å². The van der Waals surface area contributed by atoms with E-state index in [2.05, 4.69) is 5.43 Å². The minimum Gasteiger partial charge on any atom is -0.272 e. The summed E-state index contributed by atoms with van der Waals surface area (Å²) in [6, 6.07) is 15.9. The van der Waals surface area contributed by atoms with E-state index in [-0.39, 0.29) is 11.8 Å². The van der Waals surface area contributed by atoms with Crippen LogP contribution < -0.4 is 10.4 Å². The van der Waals surface area contributed by atoms with Gasteiger partial charge in [-0.15, -0.1) is 11.6 Å². The standard InChI is InChI=1S/C14H11ClN2OS/c15-9-14(18)16-17-10-5-1-3-7-12(10)19-13-8-4-2-6-11(13)17/h1-8H,9H2,(H,16,18). The molecular weight excluding hydrogens is 280 g/mol. The number of hydrogen-bond donors (Lipinski definition) is 1. The van der Waals surface area contributed by atoms with Gasteiger partial charge in [0.2, 0.25) is 0 Å². The van der Waals surface area contributed by atoms with E-state index in [0.717, 1.165) is 21.2 Å². The van der Waals surface area contributed by atoms with Crippen LogP contribution in [0.5, 0.6) is 0 Å². The van der Waals surface area contributed by atoms with Gasteiger partial charge in [-0.05, 0) is 24.3 Å². The molecule has 0 atom stereocenters. The lowest BCUT2D eigenvalue weighted by Gasteiger charge is -2.32. The zero-order valence-corrected chi connectivity index (χ0v) is 11.5. The molecule has 1 aliphatic heterocycles. The smallest absolute Gasteiger partial charge is 0.253 e. The highest BCUT2D eigenvalue weighted by atomic mass is 35.5. The molecule has 3 rings (SSSR count). The fourth-order valence-electron chi connectivity index (χ4n) is 1.98. The van der Waals surface area contributed by atoms with Gasteiger partial charge >= 0.3 is 0 Å². The number of nitrogens with one attached hydrogen (secondary N) is 1. The Labute approximate surface area is 120 Å². The molecule has 2 aromatic rings.